The number of aliphatic carboxylic acids is 1. The number of carbonyl (C=O) groups is 2. The zero-order valence-corrected chi connectivity index (χ0v) is 13.6. The van der Waals surface area contributed by atoms with Gasteiger partial charge in [0.2, 0.25) is 0 Å². The lowest BCUT2D eigenvalue weighted by molar-refractivity contribution is -0.142. The van der Waals surface area contributed by atoms with Crippen LogP contribution in [-0.2, 0) is 16.0 Å². The molecule has 23 heavy (non-hydrogen) atoms. The molecule has 1 saturated heterocycles. The van der Waals surface area contributed by atoms with Crippen LogP contribution in [0.4, 0.5) is 9.18 Å². The van der Waals surface area contributed by atoms with Crippen molar-refractivity contribution in [3.63, 3.8) is 0 Å². The summed E-state index contributed by atoms with van der Waals surface area (Å²) < 4.78 is 18.5. The minimum atomic E-state index is -1.04. The first kappa shape index (κ1) is 17.2. The van der Waals surface area contributed by atoms with Crippen molar-refractivity contribution in [3.05, 3.63) is 35.6 Å². The van der Waals surface area contributed by atoms with Crippen LogP contribution in [0.25, 0.3) is 0 Å². The highest BCUT2D eigenvalue weighted by Gasteiger charge is 2.41. The van der Waals surface area contributed by atoms with Crippen LogP contribution >= 0.6 is 0 Å². The monoisotopic (exact) mass is 323 g/mol. The van der Waals surface area contributed by atoms with E-state index in [4.69, 9.17) is 4.74 Å². The van der Waals surface area contributed by atoms with E-state index in [1.54, 1.807) is 32.9 Å². The molecule has 1 N–H and O–H groups in total. The van der Waals surface area contributed by atoms with Gasteiger partial charge in [-0.05, 0) is 57.2 Å². The van der Waals surface area contributed by atoms with Gasteiger partial charge in [0.25, 0.3) is 0 Å². The molecular formula is C17H22FNO4. The van der Waals surface area contributed by atoms with Crippen LogP contribution in [0.3, 0.4) is 0 Å². The Hall–Kier alpha value is -2.11. The standard InChI is InChI=1S/C17H22FNO4/c1-17(2,3)23-16(22)19-10-12(9-14(19)15(20)21)7-11-5-4-6-13(18)8-11/h4-6,8,12,14H,7,9-10H2,1-3H3,(H,20,21)/t12-,14+/m1/s1. The third kappa shape index (κ3) is 4.68. The van der Waals surface area contributed by atoms with Gasteiger partial charge in [-0.1, -0.05) is 12.1 Å². The van der Waals surface area contributed by atoms with E-state index in [0.29, 0.717) is 19.4 Å². The average Bonchev–Trinajstić information content (AvgIpc) is 2.81. The first-order chi connectivity index (χ1) is 10.7. The number of benzene rings is 1. The molecule has 0 radical (unpaired) electrons. The third-order valence-corrected chi connectivity index (χ3v) is 3.71. The maximum absolute atomic E-state index is 13.3. The predicted octanol–water partition coefficient (Wildman–Crippen LogP) is 3.08. The fourth-order valence-electron chi connectivity index (χ4n) is 2.82. The normalized spacial score (nSPS) is 21.3. The fraction of sp³-hybridized carbons (Fsp3) is 0.529. The lowest BCUT2D eigenvalue weighted by atomic mass is 9.97. The minimum Gasteiger partial charge on any atom is -0.480 e. The number of ether oxygens (including phenoxy) is 1. The summed E-state index contributed by atoms with van der Waals surface area (Å²) in [5, 5.41) is 9.35. The molecule has 1 fully saturated rings. The molecule has 6 heteroatoms. The predicted molar refractivity (Wildman–Crippen MR) is 82.6 cm³/mol. The number of carboxylic acids is 1. The van der Waals surface area contributed by atoms with Gasteiger partial charge < -0.3 is 9.84 Å². The first-order valence-corrected chi connectivity index (χ1v) is 7.62. The molecule has 1 aliphatic heterocycles. The summed E-state index contributed by atoms with van der Waals surface area (Å²) in [6.07, 6.45) is 0.248. The maximum Gasteiger partial charge on any atom is 0.411 e. The molecular weight excluding hydrogens is 301 g/mol. The second kappa shape index (κ2) is 6.56. The molecule has 2 rings (SSSR count). The maximum atomic E-state index is 13.3. The van der Waals surface area contributed by atoms with Crippen LogP contribution in [0.1, 0.15) is 32.8 Å². The Bertz CT molecular complexity index is 597. The Morgan fingerprint density at radius 1 is 1.39 bits per heavy atom. The molecule has 2 atom stereocenters. The van der Waals surface area contributed by atoms with E-state index < -0.39 is 23.7 Å². The smallest absolute Gasteiger partial charge is 0.411 e. The van der Waals surface area contributed by atoms with Gasteiger partial charge in [-0.3, -0.25) is 4.90 Å². The van der Waals surface area contributed by atoms with Gasteiger partial charge in [-0.25, -0.2) is 14.0 Å². The van der Waals surface area contributed by atoms with Crippen molar-refractivity contribution in [2.45, 2.75) is 45.3 Å². The summed E-state index contributed by atoms with van der Waals surface area (Å²) in [6, 6.07) is 5.33. The van der Waals surface area contributed by atoms with Crippen molar-refractivity contribution in [1.82, 2.24) is 4.90 Å². The van der Waals surface area contributed by atoms with Crippen molar-refractivity contribution in [2.75, 3.05) is 6.54 Å². The Morgan fingerprint density at radius 3 is 2.65 bits per heavy atom. The third-order valence-electron chi connectivity index (χ3n) is 3.71. The highest BCUT2D eigenvalue weighted by molar-refractivity contribution is 5.81. The molecule has 1 aromatic carbocycles. The van der Waals surface area contributed by atoms with E-state index >= 15 is 0 Å². The second-order valence-electron chi connectivity index (χ2n) is 6.92. The lowest BCUT2D eigenvalue weighted by Gasteiger charge is -2.26. The van der Waals surface area contributed by atoms with Gasteiger partial charge in [0.05, 0.1) is 0 Å². The lowest BCUT2D eigenvalue weighted by Crippen LogP contribution is -2.43. The zero-order chi connectivity index (χ0) is 17.2. The van der Waals surface area contributed by atoms with Crippen LogP contribution < -0.4 is 0 Å². The summed E-state index contributed by atoms with van der Waals surface area (Å²) in [5.74, 6) is -1.40. The molecule has 0 saturated carbocycles. The highest BCUT2D eigenvalue weighted by Crippen LogP contribution is 2.28. The topological polar surface area (TPSA) is 66.8 Å². The van der Waals surface area contributed by atoms with E-state index in [9.17, 15) is 19.1 Å². The number of nitrogens with zero attached hydrogens (tertiary/aromatic N) is 1. The van der Waals surface area contributed by atoms with Crippen molar-refractivity contribution in [3.8, 4) is 0 Å². The van der Waals surface area contributed by atoms with E-state index in [-0.39, 0.29) is 11.7 Å². The molecule has 5 nitrogen and oxygen atoms in total. The minimum absolute atomic E-state index is 0.0366. The van der Waals surface area contributed by atoms with E-state index in [1.807, 2.05) is 0 Å². The SMILES string of the molecule is CC(C)(C)OC(=O)N1C[C@H](Cc2cccc(F)c2)C[C@H]1C(=O)O. The number of hydrogen-bond acceptors (Lipinski definition) is 3. The fourth-order valence-corrected chi connectivity index (χ4v) is 2.82. The first-order valence-electron chi connectivity index (χ1n) is 7.62. The summed E-state index contributed by atoms with van der Waals surface area (Å²) in [5.41, 5.74) is 0.117. The Balaban J connectivity index is 2.08. The molecule has 1 amide bonds. The van der Waals surface area contributed by atoms with Crippen LogP contribution in [0.5, 0.6) is 0 Å². The number of hydrogen-bond donors (Lipinski definition) is 1. The summed E-state index contributed by atoms with van der Waals surface area (Å²) in [6.45, 7) is 5.51. The number of amides is 1. The molecule has 1 heterocycles. The van der Waals surface area contributed by atoms with Crippen molar-refractivity contribution < 1.29 is 23.8 Å². The van der Waals surface area contributed by atoms with Gasteiger partial charge >= 0.3 is 12.1 Å². The molecule has 1 aromatic rings. The van der Waals surface area contributed by atoms with Crippen LogP contribution in [0.2, 0.25) is 0 Å². The summed E-state index contributed by atoms with van der Waals surface area (Å²) in [7, 11) is 0. The van der Waals surface area contributed by atoms with Gasteiger partial charge in [0.15, 0.2) is 0 Å². The summed E-state index contributed by atoms with van der Waals surface area (Å²) in [4.78, 5) is 24.9. The van der Waals surface area contributed by atoms with Crippen molar-refractivity contribution >= 4 is 12.1 Å². The van der Waals surface area contributed by atoms with Gasteiger partial charge in [-0.15, -0.1) is 0 Å². The Labute approximate surface area is 135 Å². The van der Waals surface area contributed by atoms with Gasteiger partial charge in [-0.2, -0.15) is 0 Å². The molecule has 0 aliphatic carbocycles. The van der Waals surface area contributed by atoms with E-state index in [1.165, 1.54) is 17.0 Å². The van der Waals surface area contributed by atoms with E-state index in [0.717, 1.165) is 5.56 Å². The van der Waals surface area contributed by atoms with Crippen LogP contribution in [0, 0.1) is 11.7 Å². The number of rotatable bonds is 3. The average molecular weight is 323 g/mol. The second-order valence-corrected chi connectivity index (χ2v) is 6.92. The number of likely N-dealkylation sites (tertiary alicyclic amines) is 1. The Morgan fingerprint density at radius 2 is 2.09 bits per heavy atom. The largest absolute Gasteiger partial charge is 0.480 e. The molecule has 0 spiro atoms. The van der Waals surface area contributed by atoms with Crippen LogP contribution in [-0.4, -0.2) is 40.3 Å². The van der Waals surface area contributed by atoms with Gasteiger partial charge in [0.1, 0.15) is 17.5 Å². The molecule has 0 bridgehead atoms. The summed E-state index contributed by atoms with van der Waals surface area (Å²) >= 11 is 0. The van der Waals surface area contributed by atoms with Crippen molar-refractivity contribution in [1.29, 1.82) is 0 Å². The number of halogens is 1. The van der Waals surface area contributed by atoms with Gasteiger partial charge in [0, 0.05) is 6.54 Å². The quantitative estimate of drug-likeness (QED) is 0.928. The molecule has 1 aliphatic rings. The number of carbonyl (C=O) groups excluding carboxylic acids is 1. The van der Waals surface area contributed by atoms with Crippen molar-refractivity contribution in [2.24, 2.45) is 5.92 Å². The van der Waals surface area contributed by atoms with E-state index in [2.05, 4.69) is 0 Å². The zero-order valence-electron chi connectivity index (χ0n) is 13.6. The molecule has 0 unspecified atom stereocenters. The Kier molecular flexibility index (Phi) is 4.92. The number of carboxylic acid groups (broad SMARTS) is 1. The molecule has 126 valence electrons. The van der Waals surface area contributed by atoms with Crippen LogP contribution in [0.15, 0.2) is 24.3 Å². The molecule has 0 aromatic heterocycles. The highest BCUT2D eigenvalue weighted by atomic mass is 19.1.